The Kier molecular flexibility index (Phi) is 4.17. The molecule has 0 radical (unpaired) electrons. The summed E-state index contributed by atoms with van der Waals surface area (Å²) < 4.78 is 0. The molecule has 0 amide bonds. The number of carboxylic acid groups (broad SMARTS) is 1. The van der Waals surface area contributed by atoms with E-state index in [0.29, 0.717) is 17.3 Å². The number of aromatic carboxylic acids is 1. The van der Waals surface area contributed by atoms with Crippen molar-refractivity contribution in [2.75, 3.05) is 20.6 Å². The Morgan fingerprint density at radius 2 is 2.13 bits per heavy atom. The van der Waals surface area contributed by atoms with Crippen molar-refractivity contribution in [2.45, 2.75) is 32.1 Å². The van der Waals surface area contributed by atoms with Gasteiger partial charge in [0.15, 0.2) is 5.82 Å². The van der Waals surface area contributed by atoms with E-state index in [4.69, 9.17) is 0 Å². The van der Waals surface area contributed by atoms with Gasteiger partial charge in [-0.1, -0.05) is 6.07 Å². The normalized spacial score (nSPS) is 14.4. The van der Waals surface area contributed by atoms with E-state index in [1.165, 1.54) is 5.56 Å². The average molecular weight is 314 g/mol. The van der Waals surface area contributed by atoms with Crippen LogP contribution in [-0.4, -0.2) is 51.8 Å². The summed E-state index contributed by atoms with van der Waals surface area (Å²) in [5.41, 5.74) is 3.14. The fourth-order valence-electron chi connectivity index (χ4n) is 2.74. The van der Waals surface area contributed by atoms with Gasteiger partial charge in [-0.05, 0) is 57.0 Å². The van der Waals surface area contributed by atoms with E-state index in [-0.39, 0.29) is 0 Å². The number of carbonyl (C=O) groups is 1. The average Bonchev–Trinajstić information content (AvgIpc) is 3.23. The maximum absolute atomic E-state index is 11.4. The summed E-state index contributed by atoms with van der Waals surface area (Å²) in [6, 6.07) is 3.72. The fourth-order valence-corrected chi connectivity index (χ4v) is 2.74. The van der Waals surface area contributed by atoms with E-state index in [1.807, 2.05) is 27.1 Å². The van der Waals surface area contributed by atoms with E-state index < -0.39 is 5.97 Å². The van der Waals surface area contributed by atoms with Crippen LogP contribution >= 0.6 is 0 Å². The highest BCUT2D eigenvalue weighted by atomic mass is 16.4. The van der Waals surface area contributed by atoms with Crippen molar-refractivity contribution in [3.05, 3.63) is 34.6 Å². The molecule has 23 heavy (non-hydrogen) atoms. The van der Waals surface area contributed by atoms with Crippen LogP contribution in [0.25, 0.3) is 11.4 Å². The third-order valence-corrected chi connectivity index (χ3v) is 4.21. The highest BCUT2D eigenvalue weighted by molar-refractivity contribution is 5.91. The van der Waals surface area contributed by atoms with Crippen molar-refractivity contribution in [3.8, 4) is 11.4 Å². The molecular formula is C17H22N4O2. The number of H-pyrrole nitrogens is 1. The van der Waals surface area contributed by atoms with E-state index in [0.717, 1.165) is 42.8 Å². The molecule has 2 aromatic rings. The minimum atomic E-state index is -0.908. The largest absolute Gasteiger partial charge is 0.478 e. The number of hydrogen-bond donors (Lipinski definition) is 2. The molecule has 1 heterocycles. The Balaban J connectivity index is 1.97. The third kappa shape index (κ3) is 3.42. The zero-order valence-electron chi connectivity index (χ0n) is 13.8. The lowest BCUT2D eigenvalue weighted by atomic mass is 9.96. The summed E-state index contributed by atoms with van der Waals surface area (Å²) in [4.78, 5) is 18.1. The second kappa shape index (κ2) is 6.12. The Labute approximate surface area is 135 Å². The van der Waals surface area contributed by atoms with Crippen molar-refractivity contribution in [1.82, 2.24) is 20.1 Å². The van der Waals surface area contributed by atoms with E-state index in [9.17, 15) is 9.90 Å². The number of nitrogens with zero attached hydrogens (tertiary/aromatic N) is 3. The van der Waals surface area contributed by atoms with Gasteiger partial charge in [0.1, 0.15) is 5.82 Å². The quantitative estimate of drug-likeness (QED) is 0.856. The Hall–Kier alpha value is -2.21. The second-order valence-electron chi connectivity index (χ2n) is 6.49. The first-order valence-corrected chi connectivity index (χ1v) is 7.90. The molecule has 122 valence electrons. The van der Waals surface area contributed by atoms with Crippen molar-refractivity contribution in [2.24, 2.45) is 0 Å². The van der Waals surface area contributed by atoms with Crippen LogP contribution in [0.3, 0.4) is 0 Å². The molecule has 1 fully saturated rings. The summed E-state index contributed by atoms with van der Waals surface area (Å²) in [5, 5.41) is 16.7. The van der Waals surface area contributed by atoms with Gasteiger partial charge >= 0.3 is 5.97 Å². The molecule has 1 saturated carbocycles. The number of aryl methyl sites for hydroxylation is 1. The number of likely N-dealkylation sites (N-methyl/N-ethyl adjacent to an activating group) is 1. The highest BCUT2D eigenvalue weighted by Gasteiger charge is 2.29. The topological polar surface area (TPSA) is 82.1 Å². The first kappa shape index (κ1) is 15.7. The van der Waals surface area contributed by atoms with Crippen LogP contribution < -0.4 is 0 Å². The van der Waals surface area contributed by atoms with Gasteiger partial charge in [0, 0.05) is 18.5 Å². The number of hydrogen-bond acceptors (Lipinski definition) is 4. The predicted molar refractivity (Wildman–Crippen MR) is 87.7 cm³/mol. The van der Waals surface area contributed by atoms with Crippen LogP contribution in [0.5, 0.6) is 0 Å². The maximum atomic E-state index is 11.4. The van der Waals surface area contributed by atoms with Crippen molar-refractivity contribution < 1.29 is 9.90 Å². The van der Waals surface area contributed by atoms with Gasteiger partial charge in [-0.2, -0.15) is 5.10 Å². The third-order valence-electron chi connectivity index (χ3n) is 4.21. The number of aromatic nitrogens is 3. The van der Waals surface area contributed by atoms with Gasteiger partial charge in [0.25, 0.3) is 0 Å². The fraction of sp³-hybridized carbons (Fsp3) is 0.471. The van der Waals surface area contributed by atoms with Gasteiger partial charge in [-0.25, -0.2) is 9.78 Å². The van der Waals surface area contributed by atoms with Crippen LogP contribution in [-0.2, 0) is 6.42 Å². The van der Waals surface area contributed by atoms with Crippen LogP contribution in [0, 0.1) is 6.92 Å². The molecule has 0 atom stereocenters. The van der Waals surface area contributed by atoms with E-state index >= 15 is 0 Å². The Morgan fingerprint density at radius 3 is 2.74 bits per heavy atom. The number of aromatic amines is 1. The maximum Gasteiger partial charge on any atom is 0.335 e. The lowest BCUT2D eigenvalue weighted by Crippen LogP contribution is -2.15. The van der Waals surface area contributed by atoms with Crippen molar-refractivity contribution >= 4 is 5.97 Å². The molecule has 0 saturated heterocycles. The number of benzene rings is 1. The van der Waals surface area contributed by atoms with Crippen molar-refractivity contribution in [1.29, 1.82) is 0 Å². The summed E-state index contributed by atoms with van der Waals surface area (Å²) in [7, 11) is 4.03. The molecule has 1 aliphatic carbocycles. The first-order valence-electron chi connectivity index (χ1n) is 7.90. The molecular weight excluding hydrogens is 292 g/mol. The van der Waals surface area contributed by atoms with Crippen LogP contribution in [0.15, 0.2) is 12.1 Å². The summed E-state index contributed by atoms with van der Waals surface area (Å²) in [6.07, 6.45) is 3.09. The summed E-state index contributed by atoms with van der Waals surface area (Å²) >= 11 is 0. The zero-order valence-corrected chi connectivity index (χ0v) is 13.8. The second-order valence-corrected chi connectivity index (χ2v) is 6.49. The number of rotatable bonds is 6. The molecule has 0 unspecified atom stereocenters. The van der Waals surface area contributed by atoms with E-state index in [1.54, 1.807) is 6.07 Å². The Bertz CT molecular complexity index is 732. The molecule has 1 aromatic heterocycles. The molecule has 1 aliphatic rings. The number of carboxylic acids is 1. The minimum absolute atomic E-state index is 0.323. The molecule has 6 heteroatoms. The monoisotopic (exact) mass is 314 g/mol. The molecule has 0 aliphatic heterocycles. The van der Waals surface area contributed by atoms with Gasteiger partial charge in [0.2, 0.25) is 0 Å². The molecule has 3 rings (SSSR count). The molecule has 0 bridgehead atoms. The van der Waals surface area contributed by atoms with Gasteiger partial charge in [-0.15, -0.1) is 0 Å². The van der Waals surface area contributed by atoms with E-state index in [2.05, 4.69) is 20.1 Å². The lowest BCUT2D eigenvalue weighted by molar-refractivity contribution is 0.0696. The number of nitrogens with one attached hydrogen (secondary N) is 1. The minimum Gasteiger partial charge on any atom is -0.478 e. The van der Waals surface area contributed by atoms with Crippen LogP contribution in [0.1, 0.15) is 46.1 Å². The standard InChI is InChI=1S/C17H22N4O2/c1-10-8-13(11-4-5-11)14(9-12(10)17(22)23)16-18-15(19-20-16)6-7-21(2)3/h8-9,11H,4-7H2,1-3H3,(H,22,23)(H,18,19,20). The van der Waals surface area contributed by atoms with Crippen molar-refractivity contribution in [3.63, 3.8) is 0 Å². The summed E-state index contributed by atoms with van der Waals surface area (Å²) in [6.45, 7) is 2.73. The molecule has 2 N–H and O–H groups in total. The first-order chi connectivity index (χ1) is 11.0. The lowest BCUT2D eigenvalue weighted by Gasteiger charge is -2.10. The predicted octanol–water partition coefficient (Wildman–Crippen LogP) is 2.46. The molecule has 6 nitrogen and oxygen atoms in total. The van der Waals surface area contributed by atoms with Crippen LogP contribution in [0.2, 0.25) is 0 Å². The smallest absolute Gasteiger partial charge is 0.335 e. The van der Waals surface area contributed by atoms with Crippen LogP contribution in [0.4, 0.5) is 0 Å². The zero-order chi connectivity index (χ0) is 16.6. The van der Waals surface area contributed by atoms with Gasteiger partial charge in [-0.3, -0.25) is 5.10 Å². The molecule has 1 aromatic carbocycles. The Morgan fingerprint density at radius 1 is 1.39 bits per heavy atom. The SMILES string of the molecule is Cc1cc(C2CC2)c(-c2n[nH]c(CCN(C)C)n2)cc1C(=O)O. The van der Waals surface area contributed by atoms with Gasteiger partial charge < -0.3 is 10.0 Å². The molecule has 0 spiro atoms. The van der Waals surface area contributed by atoms with Gasteiger partial charge in [0.05, 0.1) is 5.56 Å². The summed E-state index contributed by atoms with van der Waals surface area (Å²) in [5.74, 6) is 1.03. The highest BCUT2D eigenvalue weighted by Crippen LogP contribution is 2.44.